The van der Waals surface area contributed by atoms with Crippen molar-refractivity contribution in [3.63, 3.8) is 0 Å². The maximum Gasteiger partial charge on any atom is 0.0797 e. The molecule has 0 heterocycles. The Morgan fingerprint density at radius 3 is 1.68 bits per heavy atom. The van der Waals surface area contributed by atoms with Crippen LogP contribution in [0.4, 0.5) is 0 Å². The summed E-state index contributed by atoms with van der Waals surface area (Å²) < 4.78 is 0. The Kier molecular flexibility index (Phi) is 5.80. The van der Waals surface area contributed by atoms with Crippen LogP contribution in [0.25, 0.3) is 0 Å². The first kappa shape index (κ1) is 19.5. The van der Waals surface area contributed by atoms with Crippen molar-refractivity contribution >= 4 is 31.4 Å². The minimum atomic E-state index is -0.820. The van der Waals surface area contributed by atoms with Crippen molar-refractivity contribution < 1.29 is 0 Å². The van der Waals surface area contributed by atoms with E-state index in [0.29, 0.717) is 0 Å². The van der Waals surface area contributed by atoms with Crippen LogP contribution in [-0.4, -0.2) is 31.4 Å². The second-order valence-corrected chi connectivity index (χ2v) is 7.27. The highest BCUT2D eigenvalue weighted by Gasteiger charge is 2.58. The lowest BCUT2D eigenvalue weighted by Crippen LogP contribution is -2.57. The lowest BCUT2D eigenvalue weighted by Gasteiger charge is -2.66. The molecule has 0 N–H and O–H groups in total. The SMILES string of the molecule is CC.[B]C1C([B])C(C)(C)C(C)(C)C([B])C1([B])c1ccccc1. The largest absolute Gasteiger partial charge is 0.0805 e. The van der Waals surface area contributed by atoms with Gasteiger partial charge in [0.05, 0.1) is 31.4 Å². The van der Waals surface area contributed by atoms with Gasteiger partial charge in [0.2, 0.25) is 0 Å². The summed E-state index contributed by atoms with van der Waals surface area (Å²) in [5.41, 5.74) is 0.537. The quantitative estimate of drug-likeness (QED) is 0.684. The molecular weight excluding hydrogens is 259 g/mol. The minimum Gasteiger partial charge on any atom is -0.0805 e. The van der Waals surface area contributed by atoms with Crippen molar-refractivity contribution in [2.45, 2.75) is 64.3 Å². The van der Waals surface area contributed by atoms with Crippen LogP contribution in [-0.2, 0) is 5.31 Å². The first-order valence-electron chi connectivity index (χ1n) is 8.19. The lowest BCUT2D eigenvalue weighted by molar-refractivity contribution is 0.0323. The average Bonchev–Trinajstić information content (AvgIpc) is 2.53. The van der Waals surface area contributed by atoms with E-state index in [9.17, 15) is 0 Å². The van der Waals surface area contributed by atoms with Gasteiger partial charge in [-0.25, -0.2) is 0 Å². The second kappa shape index (κ2) is 6.54. The van der Waals surface area contributed by atoms with Crippen molar-refractivity contribution in [1.29, 1.82) is 0 Å². The molecule has 0 aromatic heterocycles. The topological polar surface area (TPSA) is 0 Å². The van der Waals surface area contributed by atoms with Gasteiger partial charge in [-0.3, -0.25) is 0 Å². The average molecular weight is 286 g/mol. The van der Waals surface area contributed by atoms with Crippen LogP contribution in [0.3, 0.4) is 0 Å². The van der Waals surface area contributed by atoms with Crippen molar-refractivity contribution in [1.82, 2.24) is 0 Å². The van der Waals surface area contributed by atoms with Gasteiger partial charge >= 0.3 is 0 Å². The second-order valence-electron chi connectivity index (χ2n) is 7.27. The van der Waals surface area contributed by atoms with E-state index < -0.39 is 5.31 Å². The van der Waals surface area contributed by atoms with Crippen molar-refractivity contribution in [2.24, 2.45) is 10.8 Å². The highest BCUT2D eigenvalue weighted by molar-refractivity contribution is 6.33. The molecule has 4 atom stereocenters. The molecular formula is C18H26B4. The van der Waals surface area contributed by atoms with Gasteiger partial charge in [0, 0.05) is 0 Å². The van der Waals surface area contributed by atoms with Crippen LogP contribution >= 0.6 is 0 Å². The number of rotatable bonds is 1. The molecule has 0 saturated heterocycles. The Morgan fingerprint density at radius 2 is 1.23 bits per heavy atom. The normalized spacial score (nSPS) is 36.0. The summed E-state index contributed by atoms with van der Waals surface area (Å²) >= 11 is 0. The fourth-order valence-corrected chi connectivity index (χ4v) is 3.48. The Hall–Kier alpha value is -0.520. The Morgan fingerprint density at radius 1 is 0.773 bits per heavy atom. The summed E-state index contributed by atoms with van der Waals surface area (Å²) in [6, 6.07) is 9.85. The summed E-state index contributed by atoms with van der Waals surface area (Å²) in [5, 5.41) is -0.820. The predicted molar refractivity (Wildman–Crippen MR) is 101 cm³/mol. The third-order valence-corrected chi connectivity index (χ3v) is 6.00. The van der Waals surface area contributed by atoms with Crippen LogP contribution in [0, 0.1) is 10.8 Å². The molecule has 0 nitrogen and oxygen atoms in total. The molecule has 110 valence electrons. The standard InChI is InChI=1S/C16H20B4.C2H6/c1-14(2)11(17)12(18)16(20,13(19)15(14,3)4)10-8-6-5-7-9-10;1-2/h5-9,11-13H,1-4H3;1-2H3. The highest BCUT2D eigenvalue weighted by Crippen LogP contribution is 2.68. The van der Waals surface area contributed by atoms with Crippen LogP contribution in [0.15, 0.2) is 30.3 Å². The van der Waals surface area contributed by atoms with Crippen LogP contribution < -0.4 is 0 Å². The summed E-state index contributed by atoms with van der Waals surface area (Å²) in [7, 11) is 26.2. The van der Waals surface area contributed by atoms with E-state index in [1.165, 1.54) is 0 Å². The Labute approximate surface area is 142 Å². The molecule has 1 aliphatic carbocycles. The van der Waals surface area contributed by atoms with E-state index in [2.05, 4.69) is 27.7 Å². The number of benzene rings is 1. The molecule has 1 fully saturated rings. The minimum absolute atomic E-state index is 0.191. The van der Waals surface area contributed by atoms with Crippen molar-refractivity contribution in [2.75, 3.05) is 0 Å². The van der Waals surface area contributed by atoms with Crippen molar-refractivity contribution in [3.05, 3.63) is 35.9 Å². The molecule has 0 bridgehead atoms. The van der Waals surface area contributed by atoms with E-state index in [4.69, 9.17) is 31.4 Å². The van der Waals surface area contributed by atoms with E-state index in [0.717, 1.165) is 5.56 Å². The smallest absolute Gasteiger partial charge is 0.0797 e. The number of hydrogen-bond donors (Lipinski definition) is 0. The van der Waals surface area contributed by atoms with E-state index >= 15 is 0 Å². The number of hydrogen-bond acceptors (Lipinski definition) is 0. The van der Waals surface area contributed by atoms with Crippen LogP contribution in [0.2, 0.25) is 17.5 Å². The summed E-state index contributed by atoms with van der Waals surface area (Å²) in [6.45, 7) is 12.5. The monoisotopic (exact) mass is 286 g/mol. The molecule has 1 aliphatic rings. The molecule has 0 amide bonds. The Balaban J connectivity index is 0.00000116. The van der Waals surface area contributed by atoms with E-state index in [1.807, 2.05) is 44.2 Å². The lowest BCUT2D eigenvalue weighted by atomic mass is 9.25. The third kappa shape index (κ3) is 2.61. The summed E-state index contributed by atoms with van der Waals surface area (Å²) in [4.78, 5) is 0. The van der Waals surface area contributed by atoms with Gasteiger partial charge in [-0.05, 0) is 10.8 Å². The fourth-order valence-electron chi connectivity index (χ4n) is 3.48. The van der Waals surface area contributed by atoms with Gasteiger partial charge in [0.15, 0.2) is 0 Å². The molecule has 8 radical (unpaired) electrons. The zero-order valence-corrected chi connectivity index (χ0v) is 14.9. The van der Waals surface area contributed by atoms with Crippen molar-refractivity contribution in [3.8, 4) is 0 Å². The summed E-state index contributed by atoms with van der Waals surface area (Å²) in [5.74, 6) is -0.882. The molecule has 1 aromatic carbocycles. The third-order valence-electron chi connectivity index (χ3n) is 6.00. The van der Waals surface area contributed by atoms with Crippen LogP contribution in [0.5, 0.6) is 0 Å². The first-order chi connectivity index (χ1) is 10.1. The molecule has 1 saturated carbocycles. The maximum absolute atomic E-state index is 6.72. The molecule has 22 heavy (non-hydrogen) atoms. The summed E-state index contributed by atoms with van der Waals surface area (Å²) in [6.07, 6.45) is 0. The van der Waals surface area contributed by atoms with Gasteiger partial charge in [-0.15, -0.1) is 0 Å². The van der Waals surface area contributed by atoms with Crippen LogP contribution in [0.1, 0.15) is 47.1 Å². The van der Waals surface area contributed by atoms with Gasteiger partial charge in [-0.1, -0.05) is 100 Å². The van der Waals surface area contributed by atoms with Gasteiger partial charge in [-0.2, -0.15) is 0 Å². The van der Waals surface area contributed by atoms with Gasteiger partial charge in [0.1, 0.15) is 0 Å². The molecule has 0 aliphatic heterocycles. The fraction of sp³-hybridized carbons (Fsp3) is 0.667. The Bertz CT molecular complexity index is 483. The van der Waals surface area contributed by atoms with Gasteiger partial charge in [0.25, 0.3) is 0 Å². The highest BCUT2D eigenvalue weighted by atomic mass is 14.6. The molecule has 0 spiro atoms. The maximum atomic E-state index is 6.72. The molecule has 4 unspecified atom stereocenters. The first-order valence-corrected chi connectivity index (χ1v) is 8.19. The predicted octanol–water partition coefficient (Wildman–Crippen LogP) is 4.01. The molecule has 4 heteroatoms. The molecule has 1 aromatic rings. The van der Waals surface area contributed by atoms with E-state index in [-0.39, 0.29) is 28.3 Å². The zero-order valence-electron chi connectivity index (χ0n) is 14.9. The van der Waals surface area contributed by atoms with E-state index in [1.54, 1.807) is 0 Å². The molecule has 2 rings (SSSR count). The zero-order chi connectivity index (χ0) is 17.3. The van der Waals surface area contributed by atoms with Gasteiger partial charge < -0.3 is 0 Å².